The van der Waals surface area contributed by atoms with Gasteiger partial charge in [0.1, 0.15) is 11.9 Å². The van der Waals surface area contributed by atoms with E-state index in [1.54, 1.807) is 36.4 Å². The molecule has 3 rings (SSSR count). The maximum atomic E-state index is 14.0. The Labute approximate surface area is 248 Å². The van der Waals surface area contributed by atoms with Gasteiger partial charge in [-0.3, -0.25) is 9.59 Å². The quantitative estimate of drug-likeness (QED) is 0.250. The molecule has 0 saturated carbocycles. The van der Waals surface area contributed by atoms with Crippen LogP contribution in [0.2, 0.25) is 0 Å². The molecule has 10 heteroatoms. The molecular weight excluding hydrogens is 557 g/mol. The van der Waals surface area contributed by atoms with Crippen LogP contribution in [0.3, 0.4) is 0 Å². The van der Waals surface area contributed by atoms with Crippen molar-refractivity contribution < 1.29 is 27.1 Å². The highest BCUT2D eigenvalue weighted by Gasteiger charge is 2.32. The molecule has 226 valence electrons. The van der Waals surface area contributed by atoms with Crippen LogP contribution in [0.25, 0.3) is 0 Å². The van der Waals surface area contributed by atoms with Crippen molar-refractivity contribution in [3.63, 3.8) is 0 Å². The molecular formula is C32H40FN3O5S. The number of nitrogens with one attached hydrogen (secondary N) is 1. The second-order valence-electron chi connectivity index (χ2n) is 10.4. The molecule has 0 heterocycles. The Balaban J connectivity index is 1.92. The van der Waals surface area contributed by atoms with Crippen molar-refractivity contribution in [1.82, 2.24) is 14.5 Å². The van der Waals surface area contributed by atoms with E-state index in [1.807, 2.05) is 50.2 Å². The van der Waals surface area contributed by atoms with E-state index in [0.29, 0.717) is 25.1 Å². The summed E-state index contributed by atoms with van der Waals surface area (Å²) >= 11 is 0. The van der Waals surface area contributed by atoms with Crippen molar-refractivity contribution in [1.29, 1.82) is 0 Å². The molecule has 0 aliphatic rings. The summed E-state index contributed by atoms with van der Waals surface area (Å²) in [4.78, 5) is 29.1. The third kappa shape index (κ3) is 11.0. The Morgan fingerprint density at radius 3 is 2.00 bits per heavy atom. The van der Waals surface area contributed by atoms with Crippen LogP contribution >= 0.6 is 0 Å². The number of benzene rings is 3. The standard InChI is InChI=1S/C32H40FN3O5S/c1-25(2)41-20-10-19-34-32(38)30(21-26-11-6-4-7-12-26)36(23-28-15-17-29(33)18-16-28)31(37)24-35(42(3,39)40)22-27-13-8-5-9-14-27/h4-9,11-18,25,30H,10,19-24H2,1-3H3,(H,34,38)/t30-/m0/s1. The van der Waals surface area contributed by atoms with Crippen molar-refractivity contribution in [2.24, 2.45) is 0 Å². The van der Waals surface area contributed by atoms with E-state index in [1.165, 1.54) is 17.0 Å². The molecule has 1 atom stereocenters. The van der Waals surface area contributed by atoms with Gasteiger partial charge in [-0.1, -0.05) is 72.8 Å². The van der Waals surface area contributed by atoms with E-state index < -0.39 is 34.3 Å². The smallest absolute Gasteiger partial charge is 0.243 e. The number of carbonyl (C=O) groups excluding carboxylic acids is 2. The van der Waals surface area contributed by atoms with Crippen molar-refractivity contribution in [2.45, 2.75) is 51.9 Å². The number of hydrogen-bond donors (Lipinski definition) is 1. The first-order valence-electron chi connectivity index (χ1n) is 14.0. The van der Waals surface area contributed by atoms with Crippen molar-refractivity contribution in [3.05, 3.63) is 107 Å². The third-order valence-electron chi connectivity index (χ3n) is 6.59. The summed E-state index contributed by atoms with van der Waals surface area (Å²) < 4.78 is 45.9. The fourth-order valence-electron chi connectivity index (χ4n) is 4.38. The van der Waals surface area contributed by atoms with Gasteiger partial charge < -0.3 is 15.0 Å². The number of carbonyl (C=O) groups is 2. The molecule has 8 nitrogen and oxygen atoms in total. The summed E-state index contributed by atoms with van der Waals surface area (Å²) in [7, 11) is -3.78. The number of amides is 2. The lowest BCUT2D eigenvalue weighted by atomic mass is 10.0. The number of halogens is 1. The summed E-state index contributed by atoms with van der Waals surface area (Å²) in [6.45, 7) is 4.22. The summed E-state index contributed by atoms with van der Waals surface area (Å²) in [5.74, 6) is -1.34. The zero-order chi connectivity index (χ0) is 30.5. The highest BCUT2D eigenvalue weighted by Crippen LogP contribution is 2.17. The van der Waals surface area contributed by atoms with Gasteiger partial charge in [-0.05, 0) is 49.1 Å². The lowest BCUT2D eigenvalue weighted by Gasteiger charge is -2.33. The predicted octanol–water partition coefficient (Wildman–Crippen LogP) is 4.16. The van der Waals surface area contributed by atoms with Crippen LogP contribution in [-0.2, 0) is 43.9 Å². The molecule has 0 bridgehead atoms. The van der Waals surface area contributed by atoms with Gasteiger partial charge in [0.2, 0.25) is 21.8 Å². The van der Waals surface area contributed by atoms with Crippen molar-refractivity contribution >= 4 is 21.8 Å². The Hall–Kier alpha value is -3.60. The average Bonchev–Trinajstić information content (AvgIpc) is 2.95. The van der Waals surface area contributed by atoms with Crippen LogP contribution in [-0.4, -0.2) is 67.5 Å². The van der Waals surface area contributed by atoms with Crippen LogP contribution in [0.1, 0.15) is 37.0 Å². The Morgan fingerprint density at radius 2 is 1.43 bits per heavy atom. The Bertz CT molecular complexity index is 1370. The monoisotopic (exact) mass is 597 g/mol. The number of nitrogens with zero attached hydrogens (tertiary/aromatic N) is 2. The van der Waals surface area contributed by atoms with Gasteiger partial charge in [0.15, 0.2) is 0 Å². The first-order chi connectivity index (χ1) is 20.0. The molecule has 42 heavy (non-hydrogen) atoms. The predicted molar refractivity (Wildman–Crippen MR) is 161 cm³/mol. The molecule has 0 aliphatic heterocycles. The van der Waals surface area contributed by atoms with Crippen LogP contribution in [0.15, 0.2) is 84.9 Å². The minimum absolute atomic E-state index is 0.00119. The molecule has 0 unspecified atom stereocenters. The summed E-state index contributed by atoms with van der Waals surface area (Å²) in [5, 5.41) is 2.93. The maximum absolute atomic E-state index is 14.0. The first-order valence-corrected chi connectivity index (χ1v) is 15.8. The second-order valence-corrected chi connectivity index (χ2v) is 12.4. The van der Waals surface area contributed by atoms with E-state index in [4.69, 9.17) is 4.74 Å². The van der Waals surface area contributed by atoms with Crippen LogP contribution < -0.4 is 5.32 Å². The topological polar surface area (TPSA) is 96.0 Å². The van der Waals surface area contributed by atoms with Gasteiger partial charge >= 0.3 is 0 Å². The highest BCUT2D eigenvalue weighted by molar-refractivity contribution is 7.88. The van der Waals surface area contributed by atoms with Crippen molar-refractivity contribution in [2.75, 3.05) is 26.0 Å². The van der Waals surface area contributed by atoms with Gasteiger partial charge in [-0.15, -0.1) is 0 Å². The molecule has 3 aromatic carbocycles. The van der Waals surface area contributed by atoms with E-state index in [9.17, 15) is 22.4 Å². The molecule has 3 aromatic rings. The summed E-state index contributed by atoms with van der Waals surface area (Å²) in [5.41, 5.74) is 2.17. The minimum atomic E-state index is -3.78. The molecule has 0 radical (unpaired) electrons. The maximum Gasteiger partial charge on any atom is 0.243 e. The zero-order valence-corrected chi connectivity index (χ0v) is 25.2. The fraction of sp³-hybridized carbons (Fsp3) is 0.375. The van der Waals surface area contributed by atoms with Crippen molar-refractivity contribution in [3.8, 4) is 0 Å². The highest BCUT2D eigenvalue weighted by atomic mass is 32.2. The molecule has 0 saturated heterocycles. The summed E-state index contributed by atoms with van der Waals surface area (Å²) in [6.07, 6.45) is 1.93. The van der Waals surface area contributed by atoms with E-state index in [0.717, 1.165) is 21.7 Å². The normalized spacial score (nSPS) is 12.3. The van der Waals surface area contributed by atoms with Gasteiger partial charge in [0.25, 0.3) is 0 Å². The molecule has 2 amide bonds. The van der Waals surface area contributed by atoms with E-state index in [-0.39, 0.29) is 31.5 Å². The molecule has 0 aliphatic carbocycles. The lowest BCUT2D eigenvalue weighted by Crippen LogP contribution is -2.53. The third-order valence-corrected chi connectivity index (χ3v) is 7.79. The molecule has 0 spiro atoms. The van der Waals surface area contributed by atoms with E-state index >= 15 is 0 Å². The second kappa shape index (κ2) is 16.1. The average molecular weight is 598 g/mol. The minimum Gasteiger partial charge on any atom is -0.379 e. The Kier molecular flexibility index (Phi) is 12.7. The van der Waals surface area contributed by atoms with Crippen LogP contribution in [0, 0.1) is 5.82 Å². The molecule has 1 N–H and O–H groups in total. The van der Waals surface area contributed by atoms with Gasteiger partial charge in [-0.2, -0.15) is 4.31 Å². The van der Waals surface area contributed by atoms with Gasteiger partial charge in [0.05, 0.1) is 18.9 Å². The van der Waals surface area contributed by atoms with E-state index in [2.05, 4.69) is 5.32 Å². The lowest BCUT2D eigenvalue weighted by molar-refractivity contribution is -0.141. The first kappa shape index (κ1) is 32.9. The largest absolute Gasteiger partial charge is 0.379 e. The van der Waals surface area contributed by atoms with Gasteiger partial charge in [-0.25, -0.2) is 12.8 Å². The number of sulfonamides is 1. The molecule has 0 fully saturated rings. The fourth-order valence-corrected chi connectivity index (χ4v) is 5.11. The Morgan fingerprint density at radius 1 is 0.857 bits per heavy atom. The zero-order valence-electron chi connectivity index (χ0n) is 24.4. The number of hydrogen-bond acceptors (Lipinski definition) is 5. The van der Waals surface area contributed by atoms with Gasteiger partial charge in [0, 0.05) is 32.7 Å². The molecule has 0 aromatic heterocycles. The van der Waals surface area contributed by atoms with Crippen LogP contribution in [0.5, 0.6) is 0 Å². The van der Waals surface area contributed by atoms with Crippen LogP contribution in [0.4, 0.5) is 4.39 Å². The number of rotatable bonds is 16. The number of ether oxygens (including phenoxy) is 1. The summed E-state index contributed by atoms with van der Waals surface area (Å²) in [6, 6.07) is 23.0. The SMILES string of the molecule is CC(C)OCCCNC(=O)[C@H](Cc1ccccc1)N(Cc1ccc(F)cc1)C(=O)CN(Cc1ccccc1)S(C)(=O)=O.